The summed E-state index contributed by atoms with van der Waals surface area (Å²) in [5.74, 6) is -0.746. The van der Waals surface area contributed by atoms with E-state index < -0.39 is 11.9 Å². The highest BCUT2D eigenvalue weighted by atomic mass is 16.5. The first kappa shape index (κ1) is 23.4. The van der Waals surface area contributed by atoms with Crippen LogP contribution in [0, 0.1) is 6.92 Å². The van der Waals surface area contributed by atoms with Gasteiger partial charge in [0.15, 0.2) is 18.2 Å². The summed E-state index contributed by atoms with van der Waals surface area (Å²) >= 11 is 0. The maximum absolute atomic E-state index is 12.5. The van der Waals surface area contributed by atoms with Crippen molar-refractivity contribution in [3.63, 3.8) is 0 Å². The van der Waals surface area contributed by atoms with Gasteiger partial charge in [-0.1, -0.05) is 12.1 Å². The van der Waals surface area contributed by atoms with Gasteiger partial charge in [0, 0.05) is 12.0 Å². The van der Waals surface area contributed by atoms with Gasteiger partial charge >= 0.3 is 11.9 Å². The predicted octanol–water partition coefficient (Wildman–Crippen LogP) is 3.88. The molecule has 0 spiro atoms. The average Bonchev–Trinajstić information content (AvgIpc) is 3.17. The summed E-state index contributed by atoms with van der Waals surface area (Å²) in [7, 11) is 0. The minimum absolute atomic E-state index is 0.0264. The third-order valence-corrected chi connectivity index (χ3v) is 5.87. The number of nitrogens with zero attached hydrogens (tertiary/aromatic N) is 2. The zero-order valence-corrected chi connectivity index (χ0v) is 19.3. The van der Waals surface area contributed by atoms with Crippen LogP contribution in [0.5, 0.6) is 0 Å². The fourth-order valence-electron chi connectivity index (χ4n) is 4.18. The molecule has 0 atom stereocenters. The average molecular weight is 466 g/mol. The molecule has 0 bridgehead atoms. The van der Waals surface area contributed by atoms with Crippen molar-refractivity contribution in [1.82, 2.24) is 9.97 Å². The molecule has 1 aliphatic carbocycles. The van der Waals surface area contributed by atoms with Crippen LogP contribution in [-0.4, -0.2) is 34.3 Å². The number of rotatable bonds is 8. The molecule has 34 heavy (non-hydrogen) atoms. The van der Waals surface area contributed by atoms with Gasteiger partial charge in [-0.05, 0) is 56.7 Å². The van der Waals surface area contributed by atoms with Crippen LogP contribution in [0.15, 0.2) is 22.6 Å². The number of ether oxygens (including phenoxy) is 2. The molecule has 9 nitrogen and oxygen atoms in total. The molecule has 1 aromatic carbocycles. The second kappa shape index (κ2) is 10.0. The Balaban J connectivity index is 1.36. The van der Waals surface area contributed by atoms with E-state index in [2.05, 4.69) is 9.97 Å². The lowest BCUT2D eigenvalue weighted by molar-refractivity contribution is -0.145. The van der Waals surface area contributed by atoms with E-state index in [0.29, 0.717) is 11.3 Å². The summed E-state index contributed by atoms with van der Waals surface area (Å²) in [4.78, 5) is 45.3. The highest BCUT2D eigenvalue weighted by Crippen LogP contribution is 2.29. The topological polar surface area (TPSA) is 135 Å². The lowest BCUT2D eigenvalue weighted by Crippen LogP contribution is -2.11. The van der Waals surface area contributed by atoms with Crippen molar-refractivity contribution in [2.75, 3.05) is 12.3 Å². The first-order valence-corrected chi connectivity index (χ1v) is 11.4. The number of hydrogen-bond donors (Lipinski definition) is 1. The Hall–Kier alpha value is -3.75. The molecule has 0 amide bonds. The molecule has 178 valence electrons. The Bertz CT molecular complexity index is 1260. The van der Waals surface area contributed by atoms with Gasteiger partial charge in [-0.2, -0.15) is 4.98 Å². The van der Waals surface area contributed by atoms with Crippen LogP contribution in [0.4, 0.5) is 5.82 Å². The second-order valence-electron chi connectivity index (χ2n) is 8.23. The van der Waals surface area contributed by atoms with E-state index in [1.54, 1.807) is 13.8 Å². The van der Waals surface area contributed by atoms with Crippen LogP contribution in [0.3, 0.4) is 0 Å². The number of Topliss-reactive ketones (excluding diaryl/α,β-unsaturated/α-hetero) is 1. The van der Waals surface area contributed by atoms with Gasteiger partial charge in [0.2, 0.25) is 5.71 Å². The van der Waals surface area contributed by atoms with Crippen LogP contribution in [0.2, 0.25) is 0 Å². The number of esters is 2. The molecular weight excluding hydrogens is 438 g/mol. The smallest absolute Gasteiger partial charge is 0.342 e. The number of carbonyl (C=O) groups is 3. The van der Waals surface area contributed by atoms with Crippen molar-refractivity contribution >= 4 is 34.6 Å². The largest absolute Gasteiger partial charge is 0.462 e. The molecule has 9 heteroatoms. The Labute approximate surface area is 196 Å². The van der Waals surface area contributed by atoms with Crippen molar-refractivity contribution < 1.29 is 28.3 Å². The van der Waals surface area contributed by atoms with Crippen LogP contribution in [0.1, 0.15) is 76.0 Å². The third-order valence-electron chi connectivity index (χ3n) is 5.87. The Kier molecular flexibility index (Phi) is 6.90. The SMILES string of the molecule is CCOC(=O)c1c(C)oc2nc(COC(=O)CCC(=O)c3ccc4c(c3)CCCC4)nc(N)c12. The van der Waals surface area contributed by atoms with Crippen molar-refractivity contribution in [3.05, 3.63) is 52.0 Å². The molecular formula is C25H27N3O6. The number of hydrogen-bond acceptors (Lipinski definition) is 9. The van der Waals surface area contributed by atoms with Gasteiger partial charge in [0.25, 0.3) is 0 Å². The van der Waals surface area contributed by atoms with E-state index in [4.69, 9.17) is 19.6 Å². The Morgan fingerprint density at radius 3 is 2.59 bits per heavy atom. The van der Waals surface area contributed by atoms with Gasteiger partial charge in [-0.25, -0.2) is 9.78 Å². The van der Waals surface area contributed by atoms with E-state index in [-0.39, 0.29) is 60.1 Å². The highest BCUT2D eigenvalue weighted by Gasteiger charge is 2.24. The van der Waals surface area contributed by atoms with Gasteiger partial charge in [-0.3, -0.25) is 9.59 Å². The quantitative estimate of drug-likeness (QED) is 0.388. The summed E-state index contributed by atoms with van der Waals surface area (Å²) in [6.07, 6.45) is 4.36. The van der Waals surface area contributed by atoms with Crippen LogP contribution < -0.4 is 5.73 Å². The van der Waals surface area contributed by atoms with Gasteiger partial charge in [-0.15, -0.1) is 0 Å². The van der Waals surface area contributed by atoms with Crippen molar-refractivity contribution in [2.24, 2.45) is 0 Å². The van der Waals surface area contributed by atoms with E-state index in [9.17, 15) is 14.4 Å². The number of furan rings is 1. The van der Waals surface area contributed by atoms with Gasteiger partial charge in [0.1, 0.15) is 17.1 Å². The maximum atomic E-state index is 12.5. The fourth-order valence-corrected chi connectivity index (χ4v) is 4.18. The number of benzene rings is 1. The summed E-state index contributed by atoms with van der Waals surface area (Å²) in [6.45, 7) is 3.27. The molecule has 3 aromatic rings. The molecule has 1 aliphatic rings. The molecule has 2 heterocycles. The summed E-state index contributed by atoms with van der Waals surface area (Å²) in [6, 6.07) is 5.80. The molecule has 0 fully saturated rings. The van der Waals surface area contributed by atoms with Crippen molar-refractivity contribution in [1.29, 1.82) is 0 Å². The number of aryl methyl sites for hydroxylation is 3. The van der Waals surface area contributed by atoms with Gasteiger partial charge < -0.3 is 19.6 Å². The van der Waals surface area contributed by atoms with Crippen LogP contribution >= 0.6 is 0 Å². The third kappa shape index (κ3) is 4.93. The number of nitrogens with two attached hydrogens (primary N) is 1. The van der Waals surface area contributed by atoms with E-state index in [1.807, 2.05) is 18.2 Å². The number of anilines is 1. The Morgan fingerprint density at radius 2 is 1.82 bits per heavy atom. The van der Waals surface area contributed by atoms with Crippen molar-refractivity contribution in [2.45, 2.75) is 59.0 Å². The highest BCUT2D eigenvalue weighted by molar-refractivity contribution is 6.07. The fraction of sp³-hybridized carbons (Fsp3) is 0.400. The lowest BCUT2D eigenvalue weighted by atomic mass is 9.89. The number of carbonyl (C=O) groups excluding carboxylic acids is 3. The minimum Gasteiger partial charge on any atom is -0.462 e. The van der Waals surface area contributed by atoms with E-state index in [1.165, 1.54) is 17.5 Å². The molecule has 2 N–H and O–H groups in total. The first-order valence-electron chi connectivity index (χ1n) is 11.4. The molecule has 0 aliphatic heterocycles. The number of fused-ring (bicyclic) bond motifs is 2. The zero-order chi connectivity index (χ0) is 24.2. The second-order valence-corrected chi connectivity index (χ2v) is 8.23. The predicted molar refractivity (Wildman–Crippen MR) is 123 cm³/mol. The normalized spacial score (nSPS) is 12.9. The van der Waals surface area contributed by atoms with Crippen LogP contribution in [0.25, 0.3) is 11.1 Å². The zero-order valence-electron chi connectivity index (χ0n) is 19.3. The molecule has 2 aromatic heterocycles. The number of nitrogen functional groups attached to an aromatic ring is 1. The monoisotopic (exact) mass is 465 g/mol. The first-order chi connectivity index (χ1) is 16.4. The lowest BCUT2D eigenvalue weighted by Gasteiger charge is -2.16. The van der Waals surface area contributed by atoms with E-state index in [0.717, 1.165) is 19.3 Å². The number of ketones is 1. The molecule has 0 unspecified atom stereocenters. The Morgan fingerprint density at radius 1 is 1.06 bits per heavy atom. The van der Waals surface area contributed by atoms with E-state index >= 15 is 0 Å². The van der Waals surface area contributed by atoms with Crippen LogP contribution in [-0.2, 0) is 33.7 Å². The molecule has 0 saturated carbocycles. The maximum Gasteiger partial charge on any atom is 0.342 e. The summed E-state index contributed by atoms with van der Waals surface area (Å²) in [5.41, 5.74) is 9.47. The molecule has 0 radical (unpaired) electrons. The molecule has 4 rings (SSSR count). The summed E-state index contributed by atoms with van der Waals surface area (Å²) < 4.78 is 15.8. The number of aromatic nitrogens is 2. The molecule has 0 saturated heterocycles. The minimum atomic E-state index is -0.572. The standard InChI is InChI=1S/C25H27N3O6/c1-3-32-25(31)21-14(2)34-24-22(21)23(26)27-19(28-24)13-33-20(30)11-10-18(29)17-9-8-15-6-4-5-7-16(15)12-17/h8-9,12H,3-7,10-11,13H2,1-2H3,(H2,26,27,28). The van der Waals surface area contributed by atoms with Crippen molar-refractivity contribution in [3.8, 4) is 0 Å². The van der Waals surface area contributed by atoms with Gasteiger partial charge in [0.05, 0.1) is 18.4 Å². The summed E-state index contributed by atoms with van der Waals surface area (Å²) in [5, 5.41) is 0.265.